The average molecular weight is 337 g/mol. The standard InChI is InChI=1S/C16H20FN3O2S/c1-18-6-8-19(9-7-18)14(21)10-20-15(22)11-23-16(20)12-4-2-3-5-13(12)17/h2-5,16H,6-11H2,1H3/t16-/m1/s1. The molecule has 0 saturated carbocycles. The minimum absolute atomic E-state index is 0.0224. The fourth-order valence-corrected chi connectivity index (χ4v) is 4.07. The van der Waals surface area contributed by atoms with Crippen molar-refractivity contribution < 1.29 is 14.0 Å². The number of hydrogen-bond acceptors (Lipinski definition) is 4. The van der Waals surface area contributed by atoms with Gasteiger partial charge in [0.1, 0.15) is 17.7 Å². The molecule has 2 aliphatic heterocycles. The Morgan fingerprint density at radius 2 is 1.96 bits per heavy atom. The van der Waals surface area contributed by atoms with Crippen LogP contribution in [-0.4, -0.2) is 72.0 Å². The maximum Gasteiger partial charge on any atom is 0.242 e. The molecule has 0 N–H and O–H groups in total. The van der Waals surface area contributed by atoms with Crippen molar-refractivity contribution in [2.75, 3.05) is 45.5 Å². The highest BCUT2D eigenvalue weighted by Crippen LogP contribution is 2.39. The van der Waals surface area contributed by atoms with E-state index in [0.717, 1.165) is 13.1 Å². The van der Waals surface area contributed by atoms with E-state index in [1.807, 2.05) is 7.05 Å². The topological polar surface area (TPSA) is 43.9 Å². The summed E-state index contributed by atoms with van der Waals surface area (Å²) in [6, 6.07) is 6.44. The van der Waals surface area contributed by atoms with Crippen LogP contribution in [0.25, 0.3) is 0 Å². The quantitative estimate of drug-likeness (QED) is 0.831. The number of carbonyl (C=O) groups is 2. The van der Waals surface area contributed by atoms with Gasteiger partial charge in [0.05, 0.1) is 5.75 Å². The number of rotatable bonds is 3. The molecule has 0 aromatic heterocycles. The Kier molecular flexibility index (Phi) is 4.87. The van der Waals surface area contributed by atoms with Crippen molar-refractivity contribution in [1.82, 2.24) is 14.7 Å². The molecule has 1 aromatic carbocycles. The fraction of sp³-hybridized carbons (Fsp3) is 0.500. The van der Waals surface area contributed by atoms with Gasteiger partial charge in [-0.2, -0.15) is 0 Å². The molecule has 2 heterocycles. The number of halogens is 1. The maximum absolute atomic E-state index is 14.0. The van der Waals surface area contributed by atoms with Crippen LogP contribution in [0.2, 0.25) is 0 Å². The predicted octanol–water partition coefficient (Wildman–Crippen LogP) is 1.17. The Labute approximate surface area is 139 Å². The highest BCUT2D eigenvalue weighted by atomic mass is 32.2. The molecule has 124 valence electrons. The molecule has 0 spiro atoms. The molecule has 2 aliphatic rings. The summed E-state index contributed by atoms with van der Waals surface area (Å²) in [7, 11) is 2.02. The largest absolute Gasteiger partial charge is 0.339 e. The molecule has 0 bridgehead atoms. The summed E-state index contributed by atoms with van der Waals surface area (Å²) in [6.07, 6.45) is 0. The number of piperazine rings is 1. The first-order valence-corrected chi connectivity index (χ1v) is 8.73. The van der Waals surface area contributed by atoms with Crippen LogP contribution in [-0.2, 0) is 9.59 Å². The van der Waals surface area contributed by atoms with Crippen molar-refractivity contribution >= 4 is 23.6 Å². The van der Waals surface area contributed by atoms with Gasteiger partial charge >= 0.3 is 0 Å². The Hall–Kier alpha value is -1.60. The van der Waals surface area contributed by atoms with Crippen molar-refractivity contribution in [3.63, 3.8) is 0 Å². The fourth-order valence-electron chi connectivity index (χ4n) is 2.86. The van der Waals surface area contributed by atoms with E-state index >= 15 is 0 Å². The summed E-state index contributed by atoms with van der Waals surface area (Å²) in [4.78, 5) is 30.1. The lowest BCUT2D eigenvalue weighted by molar-refractivity contribution is -0.140. The molecule has 2 fully saturated rings. The number of benzene rings is 1. The molecule has 0 unspecified atom stereocenters. The Morgan fingerprint density at radius 3 is 2.65 bits per heavy atom. The van der Waals surface area contributed by atoms with Crippen LogP contribution in [0.5, 0.6) is 0 Å². The van der Waals surface area contributed by atoms with E-state index in [1.165, 1.54) is 22.7 Å². The van der Waals surface area contributed by atoms with Gasteiger partial charge in [-0.05, 0) is 13.1 Å². The minimum Gasteiger partial charge on any atom is -0.339 e. The lowest BCUT2D eigenvalue weighted by atomic mass is 10.2. The monoisotopic (exact) mass is 337 g/mol. The van der Waals surface area contributed by atoms with E-state index in [0.29, 0.717) is 18.7 Å². The molecule has 5 nitrogen and oxygen atoms in total. The zero-order valence-electron chi connectivity index (χ0n) is 13.1. The van der Waals surface area contributed by atoms with Crippen LogP contribution in [0, 0.1) is 5.82 Å². The molecule has 23 heavy (non-hydrogen) atoms. The van der Waals surface area contributed by atoms with Gasteiger partial charge in [0, 0.05) is 31.7 Å². The van der Waals surface area contributed by atoms with Gasteiger partial charge in [-0.25, -0.2) is 4.39 Å². The molecule has 2 amide bonds. The van der Waals surface area contributed by atoms with Gasteiger partial charge in [-0.15, -0.1) is 11.8 Å². The molecule has 3 rings (SSSR count). The molecule has 0 aliphatic carbocycles. The second kappa shape index (κ2) is 6.88. The van der Waals surface area contributed by atoms with Gasteiger partial charge in [-0.1, -0.05) is 18.2 Å². The van der Waals surface area contributed by atoms with Crippen LogP contribution >= 0.6 is 11.8 Å². The number of thioether (sulfide) groups is 1. The number of likely N-dealkylation sites (N-methyl/N-ethyl adjacent to an activating group) is 1. The molecule has 2 saturated heterocycles. The van der Waals surface area contributed by atoms with Crippen molar-refractivity contribution in [1.29, 1.82) is 0 Å². The highest BCUT2D eigenvalue weighted by Gasteiger charge is 2.36. The van der Waals surface area contributed by atoms with Crippen molar-refractivity contribution in [3.05, 3.63) is 35.6 Å². The molecular formula is C16H20FN3O2S. The number of nitrogens with zero attached hydrogens (tertiary/aromatic N) is 3. The van der Waals surface area contributed by atoms with Crippen LogP contribution in [0.4, 0.5) is 4.39 Å². The summed E-state index contributed by atoms with van der Waals surface area (Å²) in [5.74, 6) is -0.215. The summed E-state index contributed by atoms with van der Waals surface area (Å²) in [5, 5.41) is -0.417. The van der Waals surface area contributed by atoms with Crippen LogP contribution in [0.15, 0.2) is 24.3 Å². The van der Waals surface area contributed by atoms with E-state index in [1.54, 1.807) is 23.1 Å². The average Bonchev–Trinajstić information content (AvgIpc) is 2.89. The Balaban J connectivity index is 1.71. The summed E-state index contributed by atoms with van der Waals surface area (Å²) in [5.41, 5.74) is 0.467. The lowest BCUT2D eigenvalue weighted by Crippen LogP contribution is -2.50. The first-order valence-electron chi connectivity index (χ1n) is 7.68. The van der Waals surface area contributed by atoms with Gasteiger partial charge in [-0.3, -0.25) is 9.59 Å². The zero-order valence-corrected chi connectivity index (χ0v) is 13.9. The van der Waals surface area contributed by atoms with Gasteiger partial charge in [0.15, 0.2) is 0 Å². The van der Waals surface area contributed by atoms with Crippen LogP contribution < -0.4 is 0 Å². The predicted molar refractivity (Wildman–Crippen MR) is 87.4 cm³/mol. The second-order valence-electron chi connectivity index (χ2n) is 5.89. The number of carbonyl (C=O) groups excluding carboxylic acids is 2. The second-order valence-corrected chi connectivity index (χ2v) is 6.96. The molecule has 1 aromatic rings. The molecule has 1 atom stereocenters. The van der Waals surface area contributed by atoms with E-state index in [9.17, 15) is 14.0 Å². The van der Waals surface area contributed by atoms with Gasteiger partial charge in [0.25, 0.3) is 0 Å². The summed E-state index contributed by atoms with van der Waals surface area (Å²) < 4.78 is 14.0. The van der Waals surface area contributed by atoms with E-state index in [2.05, 4.69) is 4.90 Å². The van der Waals surface area contributed by atoms with E-state index in [4.69, 9.17) is 0 Å². The van der Waals surface area contributed by atoms with Gasteiger partial charge < -0.3 is 14.7 Å². The SMILES string of the molecule is CN1CCN(C(=O)CN2C(=O)CS[C@@H]2c2ccccc2F)CC1. The Bertz CT molecular complexity index is 605. The normalized spacial score (nSPS) is 22.7. The number of hydrogen-bond donors (Lipinski definition) is 0. The first-order chi connectivity index (χ1) is 11.1. The van der Waals surface area contributed by atoms with E-state index in [-0.39, 0.29) is 29.9 Å². The lowest BCUT2D eigenvalue weighted by Gasteiger charge is -2.34. The van der Waals surface area contributed by atoms with E-state index < -0.39 is 5.37 Å². The van der Waals surface area contributed by atoms with Crippen LogP contribution in [0.3, 0.4) is 0 Å². The molecule has 0 radical (unpaired) electrons. The minimum atomic E-state index is -0.417. The zero-order chi connectivity index (χ0) is 16.4. The third-order valence-corrected chi connectivity index (χ3v) is 5.54. The summed E-state index contributed by atoms with van der Waals surface area (Å²) in [6.45, 7) is 3.05. The maximum atomic E-state index is 14.0. The number of amides is 2. The third kappa shape index (κ3) is 3.50. The van der Waals surface area contributed by atoms with Crippen molar-refractivity contribution in [2.24, 2.45) is 0 Å². The molecular weight excluding hydrogens is 317 g/mol. The van der Waals surface area contributed by atoms with Gasteiger partial charge in [0.2, 0.25) is 11.8 Å². The third-order valence-electron chi connectivity index (χ3n) is 4.30. The van der Waals surface area contributed by atoms with Crippen molar-refractivity contribution in [2.45, 2.75) is 5.37 Å². The first kappa shape index (κ1) is 16.3. The molecule has 7 heteroatoms. The van der Waals surface area contributed by atoms with Crippen molar-refractivity contribution in [3.8, 4) is 0 Å². The van der Waals surface area contributed by atoms with Crippen LogP contribution in [0.1, 0.15) is 10.9 Å². The summed E-state index contributed by atoms with van der Waals surface area (Å²) >= 11 is 1.37. The Morgan fingerprint density at radius 1 is 1.26 bits per heavy atom. The highest BCUT2D eigenvalue weighted by molar-refractivity contribution is 8.00. The smallest absolute Gasteiger partial charge is 0.242 e.